The molecule has 0 aromatic heterocycles. The zero-order chi connectivity index (χ0) is 14.3. The minimum Gasteiger partial charge on any atom is -0.481 e. The monoisotopic (exact) mass is 281 g/mol. The van der Waals surface area contributed by atoms with Gasteiger partial charge in [-0.05, 0) is 50.9 Å². The molecule has 20 heavy (non-hydrogen) atoms. The van der Waals surface area contributed by atoms with Crippen LogP contribution >= 0.6 is 0 Å². The first-order valence-electron chi connectivity index (χ1n) is 7.72. The zero-order valence-electron chi connectivity index (χ0n) is 11.9. The van der Waals surface area contributed by atoms with Crippen LogP contribution in [0.25, 0.3) is 0 Å². The number of carbonyl (C=O) groups excluding carboxylic acids is 1. The maximum Gasteiger partial charge on any atom is 0.307 e. The molecule has 1 aliphatic heterocycles. The van der Waals surface area contributed by atoms with Gasteiger partial charge in [0.25, 0.3) is 0 Å². The van der Waals surface area contributed by atoms with Crippen LogP contribution in [0.15, 0.2) is 0 Å². The lowest BCUT2D eigenvalue weighted by atomic mass is 9.78. The van der Waals surface area contributed by atoms with Gasteiger partial charge in [0.05, 0.1) is 24.0 Å². The number of ether oxygens (including phenoxy) is 1. The maximum absolute atomic E-state index is 12.5. The quantitative estimate of drug-likeness (QED) is 0.817. The lowest BCUT2D eigenvalue weighted by Crippen LogP contribution is -2.47. The molecule has 3 aliphatic rings. The summed E-state index contributed by atoms with van der Waals surface area (Å²) >= 11 is 0. The second-order valence-corrected chi connectivity index (χ2v) is 6.57. The summed E-state index contributed by atoms with van der Waals surface area (Å²) in [6.45, 7) is 2.72. The van der Waals surface area contributed by atoms with Crippen molar-refractivity contribution in [1.29, 1.82) is 0 Å². The average Bonchev–Trinajstić information content (AvgIpc) is 3.13. The van der Waals surface area contributed by atoms with Gasteiger partial charge in [0, 0.05) is 6.61 Å². The number of carbonyl (C=O) groups is 2. The molecule has 1 saturated heterocycles. The predicted octanol–water partition coefficient (Wildman–Crippen LogP) is 1.42. The van der Waals surface area contributed by atoms with Crippen LogP contribution in [0.4, 0.5) is 0 Å². The third-order valence-corrected chi connectivity index (χ3v) is 5.40. The second kappa shape index (κ2) is 5.35. The summed E-state index contributed by atoms with van der Waals surface area (Å²) in [5.74, 6) is -1.24. The Kier molecular flexibility index (Phi) is 3.71. The van der Waals surface area contributed by atoms with Gasteiger partial charge in [0.1, 0.15) is 0 Å². The highest BCUT2D eigenvalue weighted by Crippen LogP contribution is 2.52. The fraction of sp³-hybridized carbons (Fsp3) is 0.867. The second-order valence-electron chi connectivity index (χ2n) is 6.57. The van der Waals surface area contributed by atoms with Crippen LogP contribution in [0.3, 0.4) is 0 Å². The van der Waals surface area contributed by atoms with Crippen LogP contribution in [-0.4, -0.2) is 35.7 Å². The van der Waals surface area contributed by atoms with Crippen LogP contribution in [0.1, 0.15) is 39.0 Å². The number of amides is 1. The van der Waals surface area contributed by atoms with E-state index in [9.17, 15) is 14.7 Å². The molecule has 3 rings (SSSR count). The Labute approximate surface area is 119 Å². The molecule has 3 fully saturated rings. The number of carboxylic acid groups (broad SMARTS) is 1. The van der Waals surface area contributed by atoms with Gasteiger partial charge in [-0.3, -0.25) is 9.59 Å². The molecule has 2 aliphatic carbocycles. The van der Waals surface area contributed by atoms with E-state index in [-0.39, 0.29) is 35.8 Å². The van der Waals surface area contributed by atoms with Crippen molar-refractivity contribution < 1.29 is 19.4 Å². The number of rotatable bonds is 4. The topological polar surface area (TPSA) is 75.6 Å². The molecule has 1 amide bonds. The van der Waals surface area contributed by atoms with Gasteiger partial charge >= 0.3 is 5.97 Å². The fourth-order valence-electron chi connectivity index (χ4n) is 4.43. The number of hydrogen-bond donors (Lipinski definition) is 2. The van der Waals surface area contributed by atoms with Crippen molar-refractivity contribution in [2.24, 2.45) is 23.7 Å². The Morgan fingerprint density at radius 1 is 1.20 bits per heavy atom. The van der Waals surface area contributed by atoms with Gasteiger partial charge in [0.15, 0.2) is 0 Å². The third-order valence-electron chi connectivity index (χ3n) is 5.40. The molecular weight excluding hydrogens is 258 g/mol. The Morgan fingerprint density at radius 2 is 1.90 bits per heavy atom. The minimum atomic E-state index is -0.804. The minimum absolute atomic E-state index is 0.0291. The number of nitrogens with one attached hydrogen (secondary N) is 1. The Hall–Kier alpha value is -1.10. The molecule has 0 unspecified atom stereocenters. The standard InChI is InChI=1S/C15H23NO4/c1-8(11-3-2-6-20-11)16-14(17)12-9-4-5-10(7-9)13(12)15(18)19/h8-13H,2-7H2,1H3,(H,16,17)(H,18,19)/t8-,9+,10-,11-,12+,13-/m0/s1. The number of aliphatic carboxylic acids is 1. The molecule has 0 radical (unpaired) electrons. The molecule has 5 nitrogen and oxygen atoms in total. The van der Waals surface area contributed by atoms with E-state index in [1.807, 2.05) is 6.92 Å². The summed E-state index contributed by atoms with van der Waals surface area (Å²) in [7, 11) is 0. The summed E-state index contributed by atoms with van der Waals surface area (Å²) in [5.41, 5.74) is 0. The Bertz CT molecular complexity index is 405. The zero-order valence-corrected chi connectivity index (χ0v) is 11.9. The Morgan fingerprint density at radius 3 is 2.50 bits per heavy atom. The van der Waals surface area contributed by atoms with E-state index >= 15 is 0 Å². The van der Waals surface area contributed by atoms with Gasteiger partial charge in [-0.15, -0.1) is 0 Å². The van der Waals surface area contributed by atoms with E-state index < -0.39 is 11.9 Å². The van der Waals surface area contributed by atoms with Crippen molar-refractivity contribution in [3.8, 4) is 0 Å². The molecule has 112 valence electrons. The van der Waals surface area contributed by atoms with Crippen LogP contribution in [0.5, 0.6) is 0 Å². The summed E-state index contributed by atoms with van der Waals surface area (Å²) in [6, 6.07) is -0.0291. The first kappa shape index (κ1) is 13.9. The lowest BCUT2D eigenvalue weighted by Gasteiger charge is -2.29. The number of carboxylic acids is 1. The molecule has 5 heteroatoms. The van der Waals surface area contributed by atoms with Crippen molar-refractivity contribution in [2.75, 3.05) is 6.61 Å². The summed E-state index contributed by atoms with van der Waals surface area (Å²) in [4.78, 5) is 23.9. The smallest absolute Gasteiger partial charge is 0.307 e. The molecule has 1 heterocycles. The number of fused-ring (bicyclic) bond motifs is 2. The van der Waals surface area contributed by atoms with Crippen LogP contribution in [0.2, 0.25) is 0 Å². The first-order valence-corrected chi connectivity index (χ1v) is 7.72. The van der Waals surface area contributed by atoms with E-state index in [0.29, 0.717) is 0 Å². The van der Waals surface area contributed by atoms with E-state index in [2.05, 4.69) is 5.32 Å². The molecule has 6 atom stereocenters. The highest BCUT2D eigenvalue weighted by Gasteiger charge is 2.54. The normalized spacial score (nSPS) is 40.8. The first-order chi connectivity index (χ1) is 9.58. The van der Waals surface area contributed by atoms with Crippen molar-refractivity contribution in [1.82, 2.24) is 5.32 Å². The molecule has 0 aromatic rings. The molecule has 2 N–H and O–H groups in total. The highest BCUT2D eigenvalue weighted by atomic mass is 16.5. The predicted molar refractivity (Wildman–Crippen MR) is 72.0 cm³/mol. The van der Waals surface area contributed by atoms with Crippen molar-refractivity contribution in [2.45, 2.75) is 51.2 Å². The van der Waals surface area contributed by atoms with Crippen LogP contribution < -0.4 is 5.32 Å². The van der Waals surface area contributed by atoms with E-state index in [0.717, 1.165) is 38.7 Å². The van der Waals surface area contributed by atoms with Gasteiger partial charge < -0.3 is 15.2 Å². The highest BCUT2D eigenvalue weighted by molar-refractivity contribution is 5.86. The van der Waals surface area contributed by atoms with Crippen molar-refractivity contribution in [3.05, 3.63) is 0 Å². The van der Waals surface area contributed by atoms with Gasteiger partial charge in [-0.2, -0.15) is 0 Å². The van der Waals surface area contributed by atoms with Gasteiger partial charge in [-0.25, -0.2) is 0 Å². The SMILES string of the molecule is C[C@H](NC(=O)[C@@H]1[C@@H]2CC[C@@H](C2)[C@@H]1C(=O)O)[C@@H]1CCCO1. The third kappa shape index (κ3) is 2.32. The average molecular weight is 281 g/mol. The number of hydrogen-bond acceptors (Lipinski definition) is 3. The van der Waals surface area contributed by atoms with Crippen LogP contribution in [-0.2, 0) is 14.3 Å². The maximum atomic E-state index is 12.5. The van der Waals surface area contributed by atoms with Gasteiger partial charge in [-0.1, -0.05) is 0 Å². The summed E-state index contributed by atoms with van der Waals surface area (Å²) in [6.07, 6.45) is 4.97. The lowest BCUT2D eigenvalue weighted by molar-refractivity contribution is -0.149. The van der Waals surface area contributed by atoms with Crippen molar-refractivity contribution >= 4 is 11.9 Å². The summed E-state index contributed by atoms with van der Waals surface area (Å²) in [5, 5.41) is 12.4. The Balaban J connectivity index is 1.65. The molecule has 2 saturated carbocycles. The van der Waals surface area contributed by atoms with Crippen LogP contribution in [0, 0.1) is 23.7 Å². The fourth-order valence-corrected chi connectivity index (χ4v) is 4.43. The van der Waals surface area contributed by atoms with E-state index in [4.69, 9.17) is 4.74 Å². The molecule has 2 bridgehead atoms. The summed E-state index contributed by atoms with van der Waals surface area (Å²) < 4.78 is 5.58. The largest absolute Gasteiger partial charge is 0.481 e. The van der Waals surface area contributed by atoms with E-state index in [1.165, 1.54) is 0 Å². The molecule has 0 aromatic carbocycles. The van der Waals surface area contributed by atoms with Crippen molar-refractivity contribution in [3.63, 3.8) is 0 Å². The molecular formula is C15H23NO4. The van der Waals surface area contributed by atoms with E-state index in [1.54, 1.807) is 0 Å². The molecule has 0 spiro atoms. The van der Waals surface area contributed by atoms with Gasteiger partial charge in [0.2, 0.25) is 5.91 Å².